The molecular weight excluding hydrogens is 350 g/mol. The summed E-state index contributed by atoms with van der Waals surface area (Å²) in [6.45, 7) is 3.93. The largest absolute Gasteiger partial charge is 0.382 e. The third kappa shape index (κ3) is 4.34. The normalized spacial score (nSPS) is 21.5. The molecule has 2 atom stereocenters. The molecule has 1 saturated heterocycles. The number of halogens is 1. The van der Waals surface area contributed by atoms with Gasteiger partial charge in [-0.25, -0.2) is 11.0 Å². The molecule has 1 aromatic carbocycles. The number of nitrogens with two attached hydrogens (primary N) is 2. The first kappa shape index (κ1) is 18.4. The molecule has 24 heavy (non-hydrogen) atoms. The van der Waals surface area contributed by atoms with Crippen LogP contribution in [-0.4, -0.2) is 51.1 Å². The smallest absolute Gasteiger partial charge is 0.246 e. The standard InChI is InChI=1S/C15H20ClN5O2S/c1-3-14(22)21-4-5-24(23)9-13(21)10-6-11(8-12(16)7-10)15(17)19-20(2)18/h3,6-8,13H,1,4-5,9,18H2,2H3,(H2,17,19). The zero-order valence-corrected chi connectivity index (χ0v) is 14.9. The number of carbonyl (C=O) groups excluding carboxylic acids is 1. The Morgan fingerprint density at radius 2 is 2.25 bits per heavy atom. The highest BCUT2D eigenvalue weighted by Gasteiger charge is 2.30. The highest BCUT2D eigenvalue weighted by molar-refractivity contribution is 7.85. The summed E-state index contributed by atoms with van der Waals surface area (Å²) >= 11 is 6.19. The van der Waals surface area contributed by atoms with Crippen LogP contribution in [0.1, 0.15) is 17.2 Å². The lowest BCUT2D eigenvalue weighted by Crippen LogP contribution is -2.43. The van der Waals surface area contributed by atoms with E-state index >= 15 is 0 Å². The molecule has 1 fully saturated rings. The number of hydrogen-bond acceptors (Lipinski definition) is 5. The first-order chi connectivity index (χ1) is 11.3. The number of carbonyl (C=O) groups is 1. The predicted octanol–water partition coefficient (Wildman–Crippen LogP) is 0.584. The molecule has 7 nitrogen and oxygen atoms in total. The molecule has 4 N–H and O–H groups in total. The number of hydrazone groups is 1. The van der Waals surface area contributed by atoms with Crippen LogP contribution in [0, 0.1) is 0 Å². The van der Waals surface area contributed by atoms with Crippen molar-refractivity contribution in [1.29, 1.82) is 0 Å². The van der Waals surface area contributed by atoms with Crippen LogP contribution in [0.2, 0.25) is 5.02 Å². The maximum Gasteiger partial charge on any atom is 0.246 e. The van der Waals surface area contributed by atoms with E-state index in [1.807, 2.05) is 0 Å². The van der Waals surface area contributed by atoms with Crippen LogP contribution in [0.3, 0.4) is 0 Å². The molecule has 130 valence electrons. The Bertz CT molecular complexity index is 707. The fraction of sp³-hybridized carbons (Fsp3) is 0.333. The van der Waals surface area contributed by atoms with Crippen LogP contribution in [0.15, 0.2) is 36.0 Å². The average molecular weight is 370 g/mol. The molecule has 0 aromatic heterocycles. The van der Waals surface area contributed by atoms with Gasteiger partial charge in [0.15, 0.2) is 5.84 Å². The summed E-state index contributed by atoms with van der Waals surface area (Å²) in [5, 5.41) is 5.49. The van der Waals surface area contributed by atoms with Gasteiger partial charge in [-0.05, 0) is 29.8 Å². The lowest BCUT2D eigenvalue weighted by atomic mass is 10.0. The van der Waals surface area contributed by atoms with E-state index < -0.39 is 10.8 Å². The first-order valence-electron chi connectivity index (χ1n) is 7.23. The van der Waals surface area contributed by atoms with E-state index in [1.54, 1.807) is 30.1 Å². The summed E-state index contributed by atoms with van der Waals surface area (Å²) in [6.07, 6.45) is 1.26. The zero-order chi connectivity index (χ0) is 17.9. The van der Waals surface area contributed by atoms with Crippen LogP contribution >= 0.6 is 11.6 Å². The monoisotopic (exact) mass is 369 g/mol. The third-order valence-electron chi connectivity index (χ3n) is 3.60. The number of hydrogen-bond donors (Lipinski definition) is 2. The molecule has 1 aliphatic heterocycles. The summed E-state index contributed by atoms with van der Waals surface area (Å²) in [6, 6.07) is 4.82. The van der Waals surface area contributed by atoms with Crippen molar-refractivity contribution in [3.8, 4) is 0 Å². The topological polar surface area (TPSA) is 105 Å². The van der Waals surface area contributed by atoms with E-state index in [2.05, 4.69) is 11.7 Å². The zero-order valence-electron chi connectivity index (χ0n) is 13.3. The first-order valence-corrected chi connectivity index (χ1v) is 9.09. The molecule has 1 heterocycles. The van der Waals surface area contributed by atoms with Gasteiger partial charge in [0.2, 0.25) is 5.91 Å². The maximum absolute atomic E-state index is 12.1. The SMILES string of the molecule is C=CC(=O)N1CCS(=O)CC1c1cc(Cl)cc(/C(N)=N/N(C)N)c1. The summed E-state index contributed by atoms with van der Waals surface area (Å²) in [4.78, 5) is 13.8. The molecule has 0 bridgehead atoms. The molecule has 9 heteroatoms. The quantitative estimate of drug-likeness (QED) is 0.265. The van der Waals surface area contributed by atoms with E-state index in [9.17, 15) is 9.00 Å². The van der Waals surface area contributed by atoms with Gasteiger partial charge in [0.05, 0.1) is 6.04 Å². The second kappa shape index (κ2) is 7.78. The van der Waals surface area contributed by atoms with Crippen molar-refractivity contribution in [3.05, 3.63) is 47.0 Å². The van der Waals surface area contributed by atoms with Crippen molar-refractivity contribution in [2.24, 2.45) is 16.7 Å². The van der Waals surface area contributed by atoms with Crippen molar-refractivity contribution < 1.29 is 9.00 Å². The minimum Gasteiger partial charge on any atom is -0.382 e. The van der Waals surface area contributed by atoms with Gasteiger partial charge in [0.1, 0.15) is 0 Å². The van der Waals surface area contributed by atoms with E-state index in [-0.39, 0.29) is 17.8 Å². The van der Waals surface area contributed by atoms with Crippen molar-refractivity contribution in [3.63, 3.8) is 0 Å². The Labute approximate surface area is 148 Å². The van der Waals surface area contributed by atoms with Crippen LogP contribution in [0.5, 0.6) is 0 Å². The number of amides is 1. The van der Waals surface area contributed by atoms with E-state index in [0.717, 1.165) is 10.7 Å². The third-order valence-corrected chi connectivity index (χ3v) is 5.15. The summed E-state index contributed by atoms with van der Waals surface area (Å²) in [5.74, 6) is 6.26. The summed E-state index contributed by atoms with van der Waals surface area (Å²) < 4.78 is 12.0. The number of rotatable bonds is 4. The van der Waals surface area contributed by atoms with Gasteiger partial charge in [0, 0.05) is 46.5 Å². The average Bonchev–Trinajstić information content (AvgIpc) is 2.52. The summed E-state index contributed by atoms with van der Waals surface area (Å²) in [7, 11) is 0.545. The minimum atomic E-state index is -1.00. The van der Waals surface area contributed by atoms with E-state index in [0.29, 0.717) is 28.6 Å². The van der Waals surface area contributed by atoms with Gasteiger partial charge in [-0.3, -0.25) is 9.00 Å². The van der Waals surface area contributed by atoms with Gasteiger partial charge in [-0.2, -0.15) is 0 Å². The second-order valence-electron chi connectivity index (χ2n) is 5.39. The minimum absolute atomic E-state index is 0.197. The summed E-state index contributed by atoms with van der Waals surface area (Å²) in [5.41, 5.74) is 7.25. The highest BCUT2D eigenvalue weighted by atomic mass is 35.5. The van der Waals surface area contributed by atoms with Gasteiger partial charge in [0.25, 0.3) is 0 Å². The Morgan fingerprint density at radius 3 is 2.88 bits per heavy atom. The Kier molecular flexibility index (Phi) is 5.98. The van der Waals surface area contributed by atoms with Crippen molar-refractivity contribution >= 4 is 34.1 Å². The van der Waals surface area contributed by atoms with Gasteiger partial charge < -0.3 is 10.6 Å². The second-order valence-corrected chi connectivity index (χ2v) is 7.45. The number of nitrogens with zero attached hydrogens (tertiary/aromatic N) is 3. The van der Waals surface area contributed by atoms with E-state index in [1.165, 1.54) is 6.08 Å². The molecule has 1 aliphatic rings. The molecule has 1 aromatic rings. The molecule has 0 spiro atoms. The Balaban J connectivity index is 2.45. The van der Waals surface area contributed by atoms with Crippen molar-refractivity contribution in [2.45, 2.75) is 6.04 Å². The molecule has 2 rings (SSSR count). The Morgan fingerprint density at radius 1 is 1.54 bits per heavy atom. The molecule has 0 aliphatic carbocycles. The van der Waals surface area contributed by atoms with Crippen molar-refractivity contribution in [2.75, 3.05) is 25.1 Å². The number of hydrazine groups is 1. The van der Waals surface area contributed by atoms with Crippen molar-refractivity contribution in [1.82, 2.24) is 10.0 Å². The van der Waals surface area contributed by atoms with Crippen LogP contribution in [0.4, 0.5) is 0 Å². The maximum atomic E-state index is 12.1. The van der Waals surface area contributed by atoms with Crippen LogP contribution in [-0.2, 0) is 15.6 Å². The fourth-order valence-electron chi connectivity index (χ4n) is 2.54. The highest BCUT2D eigenvalue weighted by Crippen LogP contribution is 2.29. The molecule has 0 radical (unpaired) electrons. The fourth-order valence-corrected chi connectivity index (χ4v) is 4.08. The number of benzene rings is 1. The number of amidine groups is 1. The molecular formula is C15H20ClN5O2S. The predicted molar refractivity (Wildman–Crippen MR) is 96.7 cm³/mol. The lowest BCUT2D eigenvalue weighted by Gasteiger charge is -2.35. The molecule has 1 amide bonds. The molecule has 2 unspecified atom stereocenters. The van der Waals surface area contributed by atoms with Crippen LogP contribution in [0.25, 0.3) is 0 Å². The van der Waals surface area contributed by atoms with Gasteiger partial charge >= 0.3 is 0 Å². The molecule has 0 saturated carbocycles. The Hall–Kier alpha value is -1.90. The van der Waals surface area contributed by atoms with Gasteiger partial charge in [-0.1, -0.05) is 18.2 Å². The lowest BCUT2D eigenvalue weighted by molar-refractivity contribution is -0.127. The van der Waals surface area contributed by atoms with E-state index in [4.69, 9.17) is 23.2 Å². The van der Waals surface area contributed by atoms with Gasteiger partial charge in [-0.15, -0.1) is 5.10 Å². The van der Waals surface area contributed by atoms with Crippen LogP contribution < -0.4 is 11.6 Å².